The lowest BCUT2D eigenvalue weighted by atomic mass is 10.1. The molecular formula is C15H18N4O2. The van der Waals surface area contributed by atoms with Crippen molar-refractivity contribution in [3.8, 4) is 0 Å². The lowest BCUT2D eigenvalue weighted by Crippen LogP contribution is -2.19. The fraction of sp³-hybridized carbons (Fsp3) is 0.400. The van der Waals surface area contributed by atoms with Crippen LogP contribution in [0.15, 0.2) is 24.4 Å². The topological polar surface area (TPSA) is 80.0 Å². The number of hydrogen-bond acceptors (Lipinski definition) is 4. The molecule has 3 rings (SSSR count). The van der Waals surface area contributed by atoms with Crippen LogP contribution < -0.4 is 5.32 Å². The second-order valence-electron chi connectivity index (χ2n) is 5.40. The van der Waals surface area contributed by atoms with E-state index in [0.29, 0.717) is 5.69 Å². The number of aliphatic hydroxyl groups excluding tert-OH is 1. The largest absolute Gasteiger partial charge is 0.387 e. The van der Waals surface area contributed by atoms with Gasteiger partial charge in [-0.3, -0.25) is 4.79 Å². The molecule has 1 unspecified atom stereocenters. The van der Waals surface area contributed by atoms with E-state index in [2.05, 4.69) is 21.7 Å². The molecule has 1 aromatic carbocycles. The zero-order valence-electron chi connectivity index (χ0n) is 11.9. The molecular weight excluding hydrogens is 268 g/mol. The molecule has 0 radical (unpaired) electrons. The van der Waals surface area contributed by atoms with Gasteiger partial charge in [-0.25, -0.2) is 4.68 Å². The van der Waals surface area contributed by atoms with Gasteiger partial charge < -0.3 is 10.4 Å². The minimum Gasteiger partial charge on any atom is -0.387 e. The number of aliphatic hydroxyl groups is 1. The van der Waals surface area contributed by atoms with Gasteiger partial charge in [-0.05, 0) is 49.4 Å². The first-order valence-electron chi connectivity index (χ1n) is 7.11. The molecule has 110 valence electrons. The van der Waals surface area contributed by atoms with Crippen LogP contribution in [0.1, 0.15) is 36.3 Å². The van der Waals surface area contributed by atoms with Crippen molar-refractivity contribution in [2.24, 2.45) is 0 Å². The van der Waals surface area contributed by atoms with E-state index in [9.17, 15) is 9.90 Å². The van der Waals surface area contributed by atoms with Gasteiger partial charge in [-0.15, -0.1) is 5.10 Å². The van der Waals surface area contributed by atoms with Gasteiger partial charge in [0, 0.05) is 5.69 Å². The molecule has 21 heavy (non-hydrogen) atoms. The smallest absolute Gasteiger partial charge is 0.246 e. The van der Waals surface area contributed by atoms with Gasteiger partial charge in [0.05, 0.1) is 12.3 Å². The molecule has 0 spiro atoms. The number of nitrogens with zero attached hydrogens (tertiary/aromatic N) is 3. The van der Waals surface area contributed by atoms with E-state index in [0.717, 1.165) is 18.5 Å². The summed E-state index contributed by atoms with van der Waals surface area (Å²) >= 11 is 0. The molecule has 0 saturated carbocycles. The molecule has 1 aromatic heterocycles. The van der Waals surface area contributed by atoms with E-state index in [-0.39, 0.29) is 12.5 Å². The van der Waals surface area contributed by atoms with E-state index in [1.807, 2.05) is 12.1 Å². The predicted molar refractivity (Wildman–Crippen MR) is 77.8 cm³/mol. The number of carbonyl (C=O) groups is 1. The number of nitrogens with one attached hydrogen (secondary N) is 1. The number of anilines is 1. The Morgan fingerprint density at radius 2 is 2.24 bits per heavy atom. The van der Waals surface area contributed by atoms with Crippen LogP contribution in [0, 0.1) is 0 Å². The molecule has 1 heterocycles. The summed E-state index contributed by atoms with van der Waals surface area (Å²) in [5.74, 6) is -0.157. The van der Waals surface area contributed by atoms with Crippen molar-refractivity contribution < 1.29 is 9.90 Å². The highest BCUT2D eigenvalue weighted by atomic mass is 16.3. The van der Waals surface area contributed by atoms with E-state index >= 15 is 0 Å². The Balaban J connectivity index is 1.63. The lowest BCUT2D eigenvalue weighted by Gasteiger charge is -2.07. The molecule has 6 nitrogen and oxygen atoms in total. The summed E-state index contributed by atoms with van der Waals surface area (Å²) in [5.41, 5.74) is 3.98. The van der Waals surface area contributed by atoms with Crippen molar-refractivity contribution in [2.45, 2.75) is 38.8 Å². The predicted octanol–water partition coefficient (Wildman–Crippen LogP) is 1.46. The molecule has 1 amide bonds. The standard InChI is InChI=1S/C15H18N4O2/c1-10(20)14-8-19(18-17-14)9-15(21)16-13-6-5-11-3-2-4-12(11)7-13/h5-8,10,20H,2-4,9H2,1H3,(H,16,21). The zero-order chi connectivity index (χ0) is 14.8. The Bertz CT molecular complexity index is 663. The average Bonchev–Trinajstić information content (AvgIpc) is 3.06. The highest BCUT2D eigenvalue weighted by Crippen LogP contribution is 2.24. The maximum absolute atomic E-state index is 12.0. The number of rotatable bonds is 4. The first-order valence-corrected chi connectivity index (χ1v) is 7.11. The van der Waals surface area contributed by atoms with E-state index < -0.39 is 6.10 Å². The molecule has 1 atom stereocenters. The zero-order valence-corrected chi connectivity index (χ0v) is 11.9. The number of amides is 1. The first kappa shape index (κ1) is 13.8. The highest BCUT2D eigenvalue weighted by Gasteiger charge is 2.13. The fourth-order valence-electron chi connectivity index (χ4n) is 2.58. The van der Waals surface area contributed by atoms with Crippen molar-refractivity contribution in [3.63, 3.8) is 0 Å². The van der Waals surface area contributed by atoms with Gasteiger partial charge in [-0.2, -0.15) is 0 Å². The molecule has 0 aliphatic heterocycles. The third-order valence-electron chi connectivity index (χ3n) is 3.67. The van der Waals surface area contributed by atoms with Crippen molar-refractivity contribution in [2.75, 3.05) is 5.32 Å². The number of hydrogen-bond donors (Lipinski definition) is 2. The third kappa shape index (κ3) is 3.11. The number of aromatic nitrogens is 3. The normalized spacial score (nSPS) is 14.8. The molecule has 1 aliphatic rings. The molecule has 0 fully saturated rings. The molecule has 0 bridgehead atoms. The maximum atomic E-state index is 12.0. The number of fused-ring (bicyclic) bond motifs is 1. The van der Waals surface area contributed by atoms with Crippen LogP contribution in [0.4, 0.5) is 5.69 Å². The summed E-state index contributed by atoms with van der Waals surface area (Å²) < 4.78 is 1.42. The number of benzene rings is 1. The van der Waals surface area contributed by atoms with Crippen molar-refractivity contribution in [3.05, 3.63) is 41.2 Å². The first-order chi connectivity index (χ1) is 10.1. The van der Waals surface area contributed by atoms with Gasteiger partial charge in [0.2, 0.25) is 5.91 Å². The molecule has 0 saturated heterocycles. The van der Waals surface area contributed by atoms with Gasteiger partial charge in [-0.1, -0.05) is 11.3 Å². The quantitative estimate of drug-likeness (QED) is 0.891. The average molecular weight is 286 g/mol. The monoisotopic (exact) mass is 286 g/mol. The minimum atomic E-state index is -0.682. The maximum Gasteiger partial charge on any atom is 0.246 e. The van der Waals surface area contributed by atoms with Crippen LogP contribution in [0.2, 0.25) is 0 Å². The summed E-state index contributed by atoms with van der Waals surface area (Å²) in [4.78, 5) is 12.0. The fourth-order valence-corrected chi connectivity index (χ4v) is 2.58. The summed E-state index contributed by atoms with van der Waals surface area (Å²) in [6, 6.07) is 6.06. The highest BCUT2D eigenvalue weighted by molar-refractivity contribution is 5.90. The Morgan fingerprint density at radius 1 is 1.43 bits per heavy atom. The Hall–Kier alpha value is -2.21. The Labute approximate surface area is 122 Å². The lowest BCUT2D eigenvalue weighted by molar-refractivity contribution is -0.116. The van der Waals surface area contributed by atoms with Crippen LogP contribution in [0.25, 0.3) is 0 Å². The molecule has 6 heteroatoms. The minimum absolute atomic E-state index is 0.0802. The van der Waals surface area contributed by atoms with Crippen LogP contribution in [0.3, 0.4) is 0 Å². The summed E-state index contributed by atoms with van der Waals surface area (Å²) in [5, 5.41) is 19.9. The second kappa shape index (κ2) is 5.65. The number of aryl methyl sites for hydroxylation is 2. The Morgan fingerprint density at radius 3 is 3.00 bits per heavy atom. The van der Waals surface area contributed by atoms with Crippen molar-refractivity contribution in [1.29, 1.82) is 0 Å². The van der Waals surface area contributed by atoms with Crippen LogP contribution in [-0.4, -0.2) is 26.0 Å². The van der Waals surface area contributed by atoms with Gasteiger partial charge in [0.25, 0.3) is 0 Å². The summed E-state index contributed by atoms with van der Waals surface area (Å²) in [7, 11) is 0. The molecule has 1 aliphatic carbocycles. The van der Waals surface area contributed by atoms with E-state index in [1.165, 1.54) is 22.2 Å². The van der Waals surface area contributed by atoms with Crippen LogP contribution in [0.5, 0.6) is 0 Å². The van der Waals surface area contributed by atoms with Crippen LogP contribution in [-0.2, 0) is 24.2 Å². The van der Waals surface area contributed by atoms with Crippen molar-refractivity contribution in [1.82, 2.24) is 15.0 Å². The molecule has 2 N–H and O–H groups in total. The third-order valence-corrected chi connectivity index (χ3v) is 3.67. The SMILES string of the molecule is CC(O)c1cn(CC(=O)Nc2ccc3c(c2)CCC3)nn1. The van der Waals surface area contributed by atoms with Gasteiger partial charge in [0.1, 0.15) is 12.2 Å². The molecule has 2 aromatic rings. The van der Waals surface area contributed by atoms with Crippen molar-refractivity contribution >= 4 is 11.6 Å². The summed E-state index contributed by atoms with van der Waals surface area (Å²) in [6.07, 6.45) is 4.30. The second-order valence-corrected chi connectivity index (χ2v) is 5.40. The summed E-state index contributed by atoms with van der Waals surface area (Å²) in [6.45, 7) is 1.69. The number of carbonyl (C=O) groups excluding carboxylic acids is 1. The van der Waals surface area contributed by atoms with E-state index in [1.54, 1.807) is 13.1 Å². The van der Waals surface area contributed by atoms with E-state index in [4.69, 9.17) is 0 Å². The van der Waals surface area contributed by atoms with Gasteiger partial charge in [0.15, 0.2) is 0 Å². The Kier molecular flexibility index (Phi) is 3.70. The van der Waals surface area contributed by atoms with Gasteiger partial charge >= 0.3 is 0 Å². The van der Waals surface area contributed by atoms with Crippen LogP contribution >= 0.6 is 0 Å².